The molecule has 0 unspecified atom stereocenters. The molecular weight excluding hydrogens is 283 g/mol. The lowest BCUT2D eigenvalue weighted by atomic mass is 10.3. The van der Waals surface area contributed by atoms with Crippen molar-refractivity contribution in [2.45, 2.75) is 0 Å². The zero-order valence-electron chi connectivity index (χ0n) is 11.5. The summed E-state index contributed by atoms with van der Waals surface area (Å²) in [6.45, 7) is 0. The van der Waals surface area contributed by atoms with Crippen LogP contribution < -0.4 is 15.8 Å². The fourth-order valence-electron chi connectivity index (χ4n) is 1.85. The van der Waals surface area contributed by atoms with Crippen LogP contribution in [-0.2, 0) is 0 Å². The van der Waals surface area contributed by atoms with E-state index >= 15 is 0 Å². The van der Waals surface area contributed by atoms with Crippen LogP contribution in [0.15, 0.2) is 60.9 Å². The first-order chi connectivity index (χ1) is 10.7. The summed E-state index contributed by atoms with van der Waals surface area (Å²) < 4.78 is 19.3. The second-order valence-corrected chi connectivity index (χ2v) is 4.46. The van der Waals surface area contributed by atoms with Gasteiger partial charge in [-0.1, -0.05) is 30.3 Å². The van der Waals surface area contributed by atoms with Crippen LogP contribution >= 0.6 is 0 Å². The Labute approximate surface area is 126 Å². The molecule has 0 atom stereocenters. The van der Waals surface area contributed by atoms with E-state index in [2.05, 4.69) is 15.3 Å². The summed E-state index contributed by atoms with van der Waals surface area (Å²) >= 11 is 0. The van der Waals surface area contributed by atoms with E-state index in [1.165, 1.54) is 12.4 Å². The number of nitrogens with two attached hydrogens (primary N) is 1. The van der Waals surface area contributed by atoms with Crippen LogP contribution in [0.2, 0.25) is 0 Å². The zero-order chi connectivity index (χ0) is 15.4. The number of nitrogens with zero attached hydrogens (tertiary/aromatic N) is 2. The second kappa shape index (κ2) is 6.09. The molecule has 0 bridgehead atoms. The van der Waals surface area contributed by atoms with Crippen molar-refractivity contribution in [3.8, 4) is 11.6 Å². The summed E-state index contributed by atoms with van der Waals surface area (Å²) in [5, 5.41) is 2.84. The maximum atomic E-state index is 13.7. The van der Waals surface area contributed by atoms with Gasteiger partial charge in [0.1, 0.15) is 23.6 Å². The highest BCUT2D eigenvalue weighted by Gasteiger charge is 2.11. The second-order valence-electron chi connectivity index (χ2n) is 4.46. The van der Waals surface area contributed by atoms with Crippen LogP contribution in [0.25, 0.3) is 0 Å². The highest BCUT2D eigenvalue weighted by atomic mass is 19.1. The van der Waals surface area contributed by atoms with Crippen molar-refractivity contribution in [2.75, 3.05) is 11.1 Å². The van der Waals surface area contributed by atoms with E-state index in [0.717, 1.165) is 0 Å². The van der Waals surface area contributed by atoms with E-state index in [1.807, 2.05) is 18.2 Å². The fraction of sp³-hybridized carbons (Fsp3) is 0. The van der Waals surface area contributed by atoms with E-state index in [1.54, 1.807) is 30.3 Å². The van der Waals surface area contributed by atoms with Crippen LogP contribution in [0.4, 0.5) is 21.6 Å². The Bertz CT molecular complexity index is 780. The number of hydrogen-bond donors (Lipinski definition) is 2. The van der Waals surface area contributed by atoms with Gasteiger partial charge in [0, 0.05) is 0 Å². The third kappa shape index (κ3) is 2.95. The summed E-state index contributed by atoms with van der Waals surface area (Å²) in [7, 11) is 0. The number of ether oxygens (including phenoxy) is 1. The van der Waals surface area contributed by atoms with Gasteiger partial charge in [-0.05, 0) is 24.3 Å². The van der Waals surface area contributed by atoms with Crippen molar-refractivity contribution >= 4 is 17.2 Å². The van der Waals surface area contributed by atoms with E-state index in [9.17, 15) is 4.39 Å². The van der Waals surface area contributed by atoms with Crippen molar-refractivity contribution in [1.82, 2.24) is 9.97 Å². The molecule has 0 saturated heterocycles. The highest BCUT2D eigenvalue weighted by Crippen LogP contribution is 2.31. The monoisotopic (exact) mass is 296 g/mol. The number of benzene rings is 2. The Morgan fingerprint density at radius 2 is 1.68 bits per heavy atom. The lowest BCUT2D eigenvalue weighted by Gasteiger charge is -2.12. The van der Waals surface area contributed by atoms with Crippen LogP contribution in [0.1, 0.15) is 0 Å². The first-order valence-electron chi connectivity index (χ1n) is 6.59. The first kappa shape index (κ1) is 13.8. The zero-order valence-corrected chi connectivity index (χ0v) is 11.5. The van der Waals surface area contributed by atoms with Crippen LogP contribution in [0.5, 0.6) is 11.6 Å². The van der Waals surface area contributed by atoms with Crippen molar-refractivity contribution in [1.29, 1.82) is 0 Å². The molecular formula is C16H13FN4O. The Kier molecular flexibility index (Phi) is 3.82. The summed E-state index contributed by atoms with van der Waals surface area (Å²) in [6, 6.07) is 15.4. The number of para-hydroxylation sites is 2. The Hall–Kier alpha value is -3.15. The van der Waals surface area contributed by atoms with Crippen molar-refractivity contribution in [2.24, 2.45) is 0 Å². The summed E-state index contributed by atoms with van der Waals surface area (Å²) in [4.78, 5) is 8.03. The van der Waals surface area contributed by atoms with Gasteiger partial charge in [-0.25, -0.2) is 9.37 Å². The maximum Gasteiger partial charge on any atom is 0.248 e. The molecule has 0 aliphatic carbocycles. The molecule has 2 aromatic carbocycles. The minimum atomic E-state index is -0.397. The van der Waals surface area contributed by atoms with Crippen LogP contribution in [-0.4, -0.2) is 9.97 Å². The lowest BCUT2D eigenvalue weighted by molar-refractivity contribution is 0.464. The van der Waals surface area contributed by atoms with E-state index in [0.29, 0.717) is 5.75 Å². The van der Waals surface area contributed by atoms with E-state index in [-0.39, 0.29) is 23.1 Å². The smallest absolute Gasteiger partial charge is 0.248 e. The molecule has 0 saturated carbocycles. The molecule has 22 heavy (non-hydrogen) atoms. The number of rotatable bonds is 4. The Morgan fingerprint density at radius 3 is 2.45 bits per heavy atom. The van der Waals surface area contributed by atoms with Gasteiger partial charge in [-0.2, -0.15) is 4.98 Å². The SMILES string of the molecule is Nc1c(Nc2ccccc2F)ncnc1Oc1ccccc1. The van der Waals surface area contributed by atoms with Crippen molar-refractivity contribution in [3.05, 3.63) is 66.7 Å². The van der Waals surface area contributed by atoms with Gasteiger partial charge in [0.15, 0.2) is 5.82 Å². The molecule has 3 N–H and O–H groups in total. The topological polar surface area (TPSA) is 73.1 Å². The van der Waals surface area contributed by atoms with E-state index in [4.69, 9.17) is 10.5 Å². The normalized spacial score (nSPS) is 10.2. The van der Waals surface area contributed by atoms with Crippen LogP contribution in [0, 0.1) is 5.82 Å². The van der Waals surface area contributed by atoms with Gasteiger partial charge >= 0.3 is 0 Å². The highest BCUT2D eigenvalue weighted by molar-refractivity contribution is 5.72. The molecule has 0 amide bonds. The molecule has 0 radical (unpaired) electrons. The number of aromatic nitrogens is 2. The van der Waals surface area contributed by atoms with Gasteiger partial charge in [-0.15, -0.1) is 0 Å². The third-order valence-electron chi connectivity index (χ3n) is 2.93. The molecule has 1 heterocycles. The molecule has 110 valence electrons. The fourth-order valence-corrected chi connectivity index (χ4v) is 1.85. The largest absolute Gasteiger partial charge is 0.437 e. The molecule has 6 heteroatoms. The molecule has 1 aromatic heterocycles. The molecule has 0 fully saturated rings. The van der Waals surface area contributed by atoms with Gasteiger partial charge < -0.3 is 15.8 Å². The molecule has 0 aliphatic rings. The number of nitrogens with one attached hydrogen (secondary N) is 1. The van der Waals surface area contributed by atoms with Gasteiger partial charge in [0.05, 0.1) is 5.69 Å². The minimum absolute atomic E-state index is 0.203. The maximum absolute atomic E-state index is 13.7. The lowest BCUT2D eigenvalue weighted by Crippen LogP contribution is -2.04. The predicted octanol–water partition coefficient (Wildman–Crippen LogP) is 3.73. The average Bonchev–Trinajstić information content (AvgIpc) is 2.54. The minimum Gasteiger partial charge on any atom is -0.437 e. The number of nitrogen functional groups attached to an aromatic ring is 1. The summed E-state index contributed by atoms with van der Waals surface area (Å²) in [5.41, 5.74) is 6.47. The van der Waals surface area contributed by atoms with Gasteiger partial charge in [0.2, 0.25) is 5.88 Å². The molecule has 0 spiro atoms. The number of anilines is 3. The molecule has 3 aromatic rings. The van der Waals surface area contributed by atoms with Crippen LogP contribution in [0.3, 0.4) is 0 Å². The van der Waals surface area contributed by atoms with Gasteiger partial charge in [-0.3, -0.25) is 0 Å². The molecule has 5 nitrogen and oxygen atoms in total. The average molecular weight is 296 g/mol. The van der Waals surface area contributed by atoms with Gasteiger partial charge in [0.25, 0.3) is 0 Å². The summed E-state index contributed by atoms with van der Waals surface area (Å²) in [5.74, 6) is 0.696. The Balaban J connectivity index is 1.88. The Morgan fingerprint density at radius 1 is 0.955 bits per heavy atom. The van der Waals surface area contributed by atoms with E-state index < -0.39 is 5.82 Å². The number of halogens is 1. The quantitative estimate of drug-likeness (QED) is 0.767. The third-order valence-corrected chi connectivity index (χ3v) is 2.93. The molecule has 0 aliphatic heterocycles. The molecule has 3 rings (SSSR count). The first-order valence-corrected chi connectivity index (χ1v) is 6.59. The number of hydrogen-bond acceptors (Lipinski definition) is 5. The van der Waals surface area contributed by atoms with Crippen molar-refractivity contribution in [3.63, 3.8) is 0 Å². The van der Waals surface area contributed by atoms with Crippen molar-refractivity contribution < 1.29 is 9.13 Å². The predicted molar refractivity (Wildman–Crippen MR) is 82.6 cm³/mol. The standard InChI is InChI=1S/C16H13FN4O/c17-12-8-4-5-9-13(12)21-15-14(18)16(20-10-19-15)22-11-6-2-1-3-7-11/h1-10H,18H2,(H,19,20,21). The summed E-state index contributed by atoms with van der Waals surface area (Å²) in [6.07, 6.45) is 1.30.